The SMILES string of the molecule is CSc1ccc(CCNC(=O)C(C)CCN)cc1. The Bertz CT molecular complexity index is 365. The van der Waals surface area contributed by atoms with Crippen LogP contribution < -0.4 is 11.1 Å². The first-order valence-electron chi connectivity index (χ1n) is 6.28. The zero-order chi connectivity index (χ0) is 13.4. The van der Waals surface area contributed by atoms with Gasteiger partial charge in [-0.05, 0) is 43.3 Å². The monoisotopic (exact) mass is 266 g/mol. The van der Waals surface area contributed by atoms with Crippen LogP contribution in [0.15, 0.2) is 29.2 Å². The summed E-state index contributed by atoms with van der Waals surface area (Å²) in [5.41, 5.74) is 6.68. The molecule has 0 aliphatic heterocycles. The Morgan fingerprint density at radius 1 is 1.39 bits per heavy atom. The minimum Gasteiger partial charge on any atom is -0.356 e. The normalized spacial score (nSPS) is 12.2. The second kappa shape index (κ2) is 8.16. The molecule has 0 aliphatic carbocycles. The van der Waals surface area contributed by atoms with E-state index in [1.165, 1.54) is 10.5 Å². The molecule has 1 atom stereocenters. The second-order valence-corrected chi connectivity index (χ2v) is 5.25. The van der Waals surface area contributed by atoms with Gasteiger partial charge in [-0.2, -0.15) is 0 Å². The minimum absolute atomic E-state index is 0.00821. The largest absolute Gasteiger partial charge is 0.356 e. The standard InChI is InChI=1S/C14H22N2OS/c1-11(7-9-15)14(17)16-10-8-12-3-5-13(18-2)6-4-12/h3-6,11H,7-10,15H2,1-2H3,(H,16,17). The highest BCUT2D eigenvalue weighted by Crippen LogP contribution is 2.14. The van der Waals surface area contributed by atoms with Crippen LogP contribution in [0.1, 0.15) is 18.9 Å². The van der Waals surface area contributed by atoms with Crippen molar-refractivity contribution in [1.82, 2.24) is 5.32 Å². The van der Waals surface area contributed by atoms with Gasteiger partial charge in [0.2, 0.25) is 5.91 Å². The lowest BCUT2D eigenvalue weighted by molar-refractivity contribution is -0.124. The fraction of sp³-hybridized carbons (Fsp3) is 0.500. The number of hydrogen-bond acceptors (Lipinski definition) is 3. The molecular formula is C14H22N2OS. The summed E-state index contributed by atoms with van der Waals surface area (Å²) in [6.07, 6.45) is 3.68. The van der Waals surface area contributed by atoms with Crippen molar-refractivity contribution < 1.29 is 4.79 Å². The molecule has 0 aliphatic rings. The summed E-state index contributed by atoms with van der Waals surface area (Å²) in [7, 11) is 0. The third-order valence-corrected chi connectivity index (χ3v) is 3.66. The molecule has 1 unspecified atom stereocenters. The Morgan fingerprint density at radius 3 is 2.61 bits per heavy atom. The van der Waals surface area contributed by atoms with Gasteiger partial charge in [-0.1, -0.05) is 19.1 Å². The molecule has 18 heavy (non-hydrogen) atoms. The van der Waals surface area contributed by atoms with Gasteiger partial charge in [-0.3, -0.25) is 4.79 Å². The molecule has 0 radical (unpaired) electrons. The van der Waals surface area contributed by atoms with Crippen LogP contribution in [0.25, 0.3) is 0 Å². The van der Waals surface area contributed by atoms with Crippen LogP contribution in [0.2, 0.25) is 0 Å². The van der Waals surface area contributed by atoms with E-state index < -0.39 is 0 Å². The summed E-state index contributed by atoms with van der Waals surface area (Å²) in [6, 6.07) is 8.44. The molecule has 3 N–H and O–H groups in total. The predicted molar refractivity (Wildman–Crippen MR) is 77.8 cm³/mol. The molecular weight excluding hydrogens is 244 g/mol. The summed E-state index contributed by atoms with van der Waals surface area (Å²) in [6.45, 7) is 3.16. The molecule has 0 spiro atoms. The first kappa shape index (κ1) is 15.1. The van der Waals surface area contributed by atoms with Crippen molar-refractivity contribution in [3.63, 3.8) is 0 Å². The van der Waals surface area contributed by atoms with E-state index in [2.05, 4.69) is 35.8 Å². The maximum Gasteiger partial charge on any atom is 0.222 e. The topological polar surface area (TPSA) is 55.1 Å². The highest BCUT2D eigenvalue weighted by molar-refractivity contribution is 7.98. The lowest BCUT2D eigenvalue weighted by atomic mass is 10.1. The Labute approximate surface area is 114 Å². The van der Waals surface area contributed by atoms with Crippen LogP contribution in [0.4, 0.5) is 0 Å². The third-order valence-electron chi connectivity index (χ3n) is 2.92. The third kappa shape index (κ3) is 5.10. The Kier molecular flexibility index (Phi) is 6.83. The maximum absolute atomic E-state index is 11.7. The van der Waals surface area contributed by atoms with Crippen LogP contribution >= 0.6 is 11.8 Å². The van der Waals surface area contributed by atoms with Crippen molar-refractivity contribution in [2.24, 2.45) is 11.7 Å². The number of carbonyl (C=O) groups is 1. The Hall–Kier alpha value is -1.00. The van der Waals surface area contributed by atoms with Gasteiger partial charge in [0.15, 0.2) is 0 Å². The zero-order valence-electron chi connectivity index (χ0n) is 11.1. The van der Waals surface area contributed by atoms with Gasteiger partial charge in [0.25, 0.3) is 0 Å². The molecule has 0 saturated carbocycles. The van der Waals surface area contributed by atoms with Crippen molar-refractivity contribution in [2.75, 3.05) is 19.3 Å². The summed E-state index contributed by atoms with van der Waals surface area (Å²) < 4.78 is 0. The van der Waals surface area contributed by atoms with E-state index in [9.17, 15) is 4.79 Å². The van der Waals surface area contributed by atoms with Gasteiger partial charge in [-0.25, -0.2) is 0 Å². The number of benzene rings is 1. The molecule has 100 valence electrons. The van der Waals surface area contributed by atoms with E-state index in [1.54, 1.807) is 11.8 Å². The Morgan fingerprint density at radius 2 is 2.06 bits per heavy atom. The van der Waals surface area contributed by atoms with E-state index in [1.807, 2.05) is 6.92 Å². The molecule has 1 amide bonds. The summed E-state index contributed by atoms with van der Waals surface area (Å²) in [5, 5.41) is 2.94. The van der Waals surface area contributed by atoms with Crippen molar-refractivity contribution in [3.05, 3.63) is 29.8 Å². The lowest BCUT2D eigenvalue weighted by Crippen LogP contribution is -2.31. The first-order valence-corrected chi connectivity index (χ1v) is 7.50. The second-order valence-electron chi connectivity index (χ2n) is 4.37. The summed E-state index contributed by atoms with van der Waals surface area (Å²) >= 11 is 1.73. The summed E-state index contributed by atoms with van der Waals surface area (Å²) in [4.78, 5) is 12.9. The molecule has 0 saturated heterocycles. The molecule has 1 aromatic rings. The average molecular weight is 266 g/mol. The number of thioether (sulfide) groups is 1. The summed E-state index contributed by atoms with van der Waals surface area (Å²) in [5.74, 6) is 0.107. The van der Waals surface area contributed by atoms with Crippen molar-refractivity contribution in [1.29, 1.82) is 0 Å². The van der Waals surface area contributed by atoms with Crippen LogP contribution in [0, 0.1) is 5.92 Å². The van der Waals surface area contributed by atoms with Crippen LogP contribution in [-0.4, -0.2) is 25.3 Å². The number of carbonyl (C=O) groups excluding carboxylic acids is 1. The van der Waals surface area contributed by atoms with Gasteiger partial charge in [0.05, 0.1) is 0 Å². The highest BCUT2D eigenvalue weighted by Gasteiger charge is 2.10. The predicted octanol–water partition coefficient (Wildman–Crippen LogP) is 2.05. The molecule has 3 nitrogen and oxygen atoms in total. The van der Waals surface area contributed by atoms with Gasteiger partial charge >= 0.3 is 0 Å². The van der Waals surface area contributed by atoms with Gasteiger partial charge in [0, 0.05) is 17.4 Å². The minimum atomic E-state index is 0.00821. The van der Waals surface area contributed by atoms with Crippen molar-refractivity contribution >= 4 is 17.7 Å². The molecule has 0 fully saturated rings. The van der Waals surface area contributed by atoms with Gasteiger partial charge in [0.1, 0.15) is 0 Å². The Balaban J connectivity index is 2.30. The van der Waals surface area contributed by atoms with Crippen molar-refractivity contribution in [2.45, 2.75) is 24.7 Å². The quantitative estimate of drug-likeness (QED) is 0.743. The van der Waals surface area contributed by atoms with E-state index in [0.717, 1.165) is 12.8 Å². The van der Waals surface area contributed by atoms with Crippen LogP contribution in [0.5, 0.6) is 0 Å². The average Bonchev–Trinajstić information content (AvgIpc) is 2.39. The zero-order valence-corrected chi connectivity index (χ0v) is 11.9. The molecule has 0 bridgehead atoms. The number of amides is 1. The van der Waals surface area contributed by atoms with E-state index >= 15 is 0 Å². The van der Waals surface area contributed by atoms with Crippen molar-refractivity contribution in [3.8, 4) is 0 Å². The fourth-order valence-corrected chi connectivity index (χ4v) is 2.09. The number of hydrogen-bond donors (Lipinski definition) is 2. The molecule has 0 heterocycles. The molecule has 4 heteroatoms. The molecule has 1 aromatic carbocycles. The maximum atomic E-state index is 11.7. The van der Waals surface area contributed by atoms with Crippen LogP contribution in [0.3, 0.4) is 0 Å². The highest BCUT2D eigenvalue weighted by atomic mass is 32.2. The fourth-order valence-electron chi connectivity index (χ4n) is 1.68. The number of rotatable bonds is 7. The lowest BCUT2D eigenvalue weighted by Gasteiger charge is -2.11. The van der Waals surface area contributed by atoms with Gasteiger partial charge < -0.3 is 11.1 Å². The number of nitrogens with two attached hydrogens (primary N) is 1. The van der Waals surface area contributed by atoms with E-state index in [4.69, 9.17) is 5.73 Å². The molecule has 1 rings (SSSR count). The van der Waals surface area contributed by atoms with Gasteiger partial charge in [-0.15, -0.1) is 11.8 Å². The molecule has 0 aromatic heterocycles. The smallest absolute Gasteiger partial charge is 0.222 e. The van der Waals surface area contributed by atoms with Crippen LogP contribution in [-0.2, 0) is 11.2 Å². The van der Waals surface area contributed by atoms with E-state index in [-0.39, 0.29) is 11.8 Å². The van der Waals surface area contributed by atoms with E-state index in [0.29, 0.717) is 13.1 Å². The first-order chi connectivity index (χ1) is 8.67. The number of nitrogens with one attached hydrogen (secondary N) is 1.